The van der Waals surface area contributed by atoms with E-state index < -0.39 is 46.5 Å². The molecule has 13 nitrogen and oxygen atoms in total. The molecule has 57 heavy (non-hydrogen) atoms. The topological polar surface area (TPSA) is 203 Å². The van der Waals surface area contributed by atoms with Crippen LogP contribution in [0, 0.1) is 16.5 Å². The summed E-state index contributed by atoms with van der Waals surface area (Å²) in [5.41, 5.74) is -0.296. The van der Waals surface area contributed by atoms with Crippen molar-refractivity contribution < 1.29 is 39.6 Å². The molecule has 1 aliphatic heterocycles. The van der Waals surface area contributed by atoms with Crippen molar-refractivity contribution in [1.29, 1.82) is 5.26 Å². The van der Waals surface area contributed by atoms with Crippen LogP contribution in [0.1, 0.15) is 76.7 Å². The van der Waals surface area contributed by atoms with Gasteiger partial charge in [0, 0.05) is 24.2 Å². The molecule has 4 aromatic carbocycles. The number of para-hydroxylation sites is 1. The number of rotatable bonds is 15. The smallest absolute Gasteiger partial charge is 0.339 e. The molecule has 5 rings (SSSR count). The lowest BCUT2D eigenvalue weighted by atomic mass is 9.83. The van der Waals surface area contributed by atoms with Crippen LogP contribution in [0.3, 0.4) is 0 Å². The van der Waals surface area contributed by atoms with Gasteiger partial charge in [0.1, 0.15) is 5.69 Å². The summed E-state index contributed by atoms with van der Waals surface area (Å²) in [5, 5.41) is 65.3. The number of likely N-dealkylation sites (tertiary alicyclic amines) is 1. The summed E-state index contributed by atoms with van der Waals surface area (Å²) < 4.78 is -0.565. The largest absolute Gasteiger partial charge is 0.628 e. The number of carboxylic acids is 3. The first-order valence-electron chi connectivity index (χ1n) is 18.3. The standard InChI is InChI=1S/C42H44Cl2N4O9/c1-46(38(40(52)53)42(56,41(54)55)23-37(49)50)39(51)32-21-27(24-45)31(28-10-4-5-11-29(28)32)20-26(25-15-16-33(43)34(44)22-25)17-19-47-18-9-8-13-35(47)30-12-6-7-14-36(30)48(2,3)57/h4-7,10-12,14-16,21-22,26,35,38,56H,8-9,13,17-20,23H2,1-3H3,(H,49,50)(H,52,53)(H,54,55)/t26?,35-,38?,42?/m0/s1. The number of fused-ring (bicyclic) bond motifs is 1. The second-order valence-electron chi connectivity index (χ2n) is 14.9. The van der Waals surface area contributed by atoms with Gasteiger partial charge >= 0.3 is 17.9 Å². The number of hydrogen-bond acceptors (Lipinski definition) is 8. The highest BCUT2D eigenvalue weighted by Crippen LogP contribution is 2.40. The van der Waals surface area contributed by atoms with Crippen LogP contribution in [0.4, 0.5) is 5.69 Å². The summed E-state index contributed by atoms with van der Waals surface area (Å²) in [5.74, 6) is -7.17. The van der Waals surface area contributed by atoms with Crippen LogP contribution >= 0.6 is 23.2 Å². The number of carbonyl (C=O) groups excluding carboxylic acids is 1. The lowest BCUT2D eigenvalue weighted by Crippen LogP contribution is -2.62. The second-order valence-corrected chi connectivity index (χ2v) is 15.7. The predicted molar refractivity (Wildman–Crippen MR) is 216 cm³/mol. The highest BCUT2D eigenvalue weighted by Gasteiger charge is 2.53. The number of nitrogens with zero attached hydrogens (tertiary/aromatic N) is 4. The van der Waals surface area contributed by atoms with Crippen LogP contribution in [0.25, 0.3) is 10.8 Å². The fourth-order valence-corrected chi connectivity index (χ4v) is 8.35. The van der Waals surface area contributed by atoms with Crippen LogP contribution in [0.2, 0.25) is 10.0 Å². The normalized spacial score (nSPS) is 16.9. The first kappa shape index (κ1) is 43.1. The molecule has 4 N–H and O–H groups in total. The van der Waals surface area contributed by atoms with E-state index in [2.05, 4.69) is 11.0 Å². The second kappa shape index (κ2) is 17.6. The number of carboxylic acid groups (broad SMARTS) is 3. The van der Waals surface area contributed by atoms with Crippen LogP contribution in [-0.4, -0.2) is 99.9 Å². The maximum absolute atomic E-state index is 14.1. The maximum atomic E-state index is 14.1. The van der Waals surface area contributed by atoms with Crippen LogP contribution in [-0.2, 0) is 20.8 Å². The molecular weight excluding hydrogens is 775 g/mol. The fraction of sp³-hybridized carbons (Fsp3) is 0.357. The highest BCUT2D eigenvalue weighted by molar-refractivity contribution is 6.42. The number of piperidine rings is 1. The first-order valence-corrected chi connectivity index (χ1v) is 19.1. The molecule has 1 heterocycles. The Balaban J connectivity index is 1.56. The number of likely N-dealkylation sites (N-methyl/N-ethyl adjacent to an activating group) is 1. The Morgan fingerprint density at radius 2 is 1.65 bits per heavy atom. The SMILES string of the molecule is CN(C(=O)c1cc(C#N)c(CC(CCN2CCCC[C@H]2c2ccccc2[N+](C)(C)[O-])c2ccc(Cl)c(Cl)c2)c2ccccc12)C(C(=O)O)C(O)(CC(=O)O)C(=O)O. The third kappa shape index (κ3) is 9.23. The highest BCUT2D eigenvalue weighted by atomic mass is 35.5. The Kier molecular flexibility index (Phi) is 13.3. The summed E-state index contributed by atoms with van der Waals surface area (Å²) in [6, 6.07) is 20.8. The lowest BCUT2D eigenvalue weighted by molar-refractivity contribution is -0.178. The van der Waals surface area contributed by atoms with Crippen molar-refractivity contribution in [3.63, 3.8) is 0 Å². The van der Waals surface area contributed by atoms with Gasteiger partial charge < -0.3 is 35.2 Å². The van der Waals surface area contributed by atoms with Gasteiger partial charge in [-0.25, -0.2) is 9.59 Å². The monoisotopic (exact) mass is 818 g/mol. The molecule has 0 bridgehead atoms. The molecule has 4 atom stereocenters. The summed E-state index contributed by atoms with van der Waals surface area (Å²) >= 11 is 12.9. The molecule has 1 saturated heterocycles. The first-order chi connectivity index (χ1) is 26.9. The molecule has 3 unspecified atom stereocenters. The van der Waals surface area contributed by atoms with Gasteiger partial charge in [0.25, 0.3) is 5.91 Å². The Morgan fingerprint density at radius 1 is 0.982 bits per heavy atom. The number of hydroxylamine groups is 2. The Bertz CT molecular complexity index is 2240. The van der Waals surface area contributed by atoms with Crippen molar-refractivity contribution in [3.8, 4) is 6.07 Å². The number of quaternary nitrogens is 1. The van der Waals surface area contributed by atoms with E-state index in [1.54, 1.807) is 50.5 Å². The van der Waals surface area contributed by atoms with Crippen LogP contribution < -0.4 is 4.65 Å². The van der Waals surface area contributed by atoms with Gasteiger partial charge in [-0.05, 0) is 90.9 Å². The van der Waals surface area contributed by atoms with Gasteiger partial charge in [-0.3, -0.25) is 14.5 Å². The minimum absolute atomic E-state index is 0.0115. The van der Waals surface area contributed by atoms with E-state index in [9.17, 15) is 50.1 Å². The molecule has 0 spiro atoms. The minimum atomic E-state index is -3.39. The van der Waals surface area contributed by atoms with E-state index in [1.165, 1.54) is 6.07 Å². The number of halogens is 2. The van der Waals surface area contributed by atoms with E-state index in [0.717, 1.165) is 44.0 Å². The van der Waals surface area contributed by atoms with Crippen molar-refractivity contribution in [2.24, 2.45) is 0 Å². The van der Waals surface area contributed by atoms with Crippen molar-refractivity contribution in [1.82, 2.24) is 14.4 Å². The number of carbonyl (C=O) groups is 4. The summed E-state index contributed by atoms with van der Waals surface area (Å²) in [7, 11) is 4.18. The van der Waals surface area contributed by atoms with Crippen molar-refractivity contribution in [2.75, 3.05) is 34.2 Å². The molecule has 0 aromatic heterocycles. The van der Waals surface area contributed by atoms with E-state index in [-0.39, 0.29) is 23.1 Å². The summed E-state index contributed by atoms with van der Waals surface area (Å²) in [4.78, 5) is 53.0. The van der Waals surface area contributed by atoms with Gasteiger partial charge in [-0.15, -0.1) is 0 Å². The number of aliphatic hydroxyl groups is 1. The molecule has 0 aliphatic carbocycles. The van der Waals surface area contributed by atoms with Crippen molar-refractivity contribution >= 4 is 63.5 Å². The summed E-state index contributed by atoms with van der Waals surface area (Å²) in [6.45, 7) is 1.45. The van der Waals surface area contributed by atoms with Gasteiger partial charge in [0.05, 0.1) is 42.2 Å². The van der Waals surface area contributed by atoms with Gasteiger partial charge in [-0.1, -0.05) is 78.2 Å². The Labute approximate surface area is 340 Å². The zero-order chi connectivity index (χ0) is 41.8. The van der Waals surface area contributed by atoms with Crippen LogP contribution in [0.15, 0.2) is 72.8 Å². The number of hydrogen-bond donors (Lipinski definition) is 4. The molecule has 1 fully saturated rings. The van der Waals surface area contributed by atoms with E-state index in [1.807, 2.05) is 30.3 Å². The van der Waals surface area contributed by atoms with Gasteiger partial charge in [0.15, 0.2) is 6.04 Å². The third-order valence-electron chi connectivity index (χ3n) is 10.8. The number of aliphatic carboxylic acids is 3. The zero-order valence-electron chi connectivity index (χ0n) is 31.7. The lowest BCUT2D eigenvalue weighted by Gasteiger charge is -2.41. The van der Waals surface area contributed by atoms with Gasteiger partial charge in [0.2, 0.25) is 5.60 Å². The van der Waals surface area contributed by atoms with Crippen molar-refractivity contribution in [3.05, 3.63) is 116 Å². The molecule has 0 saturated carbocycles. The van der Waals surface area contributed by atoms with E-state index in [4.69, 9.17) is 23.2 Å². The predicted octanol–water partition coefficient (Wildman–Crippen LogP) is 6.84. The number of amides is 1. The molecule has 300 valence electrons. The third-order valence-corrected chi connectivity index (χ3v) is 11.6. The summed E-state index contributed by atoms with van der Waals surface area (Å²) in [6.07, 6.45) is 2.29. The molecule has 0 radical (unpaired) electrons. The fourth-order valence-electron chi connectivity index (χ4n) is 8.04. The zero-order valence-corrected chi connectivity index (χ0v) is 33.2. The average Bonchev–Trinajstić information content (AvgIpc) is 3.16. The number of nitriles is 1. The number of benzene rings is 4. The molecular formula is C42H44Cl2N4O9. The van der Waals surface area contributed by atoms with Crippen molar-refractivity contribution in [2.45, 2.75) is 62.1 Å². The minimum Gasteiger partial charge on any atom is -0.628 e. The molecule has 1 aliphatic rings. The maximum Gasteiger partial charge on any atom is 0.339 e. The molecule has 4 aromatic rings. The average molecular weight is 820 g/mol. The van der Waals surface area contributed by atoms with E-state index >= 15 is 0 Å². The van der Waals surface area contributed by atoms with Gasteiger partial charge in [-0.2, -0.15) is 5.26 Å². The molecule has 1 amide bonds. The Hall–Kier alpha value is -5.07. The van der Waals surface area contributed by atoms with Crippen LogP contribution in [0.5, 0.6) is 0 Å². The quantitative estimate of drug-likeness (QED) is 0.0722. The Morgan fingerprint density at radius 3 is 2.26 bits per heavy atom. The van der Waals surface area contributed by atoms with E-state index in [0.29, 0.717) is 56.4 Å². The molecule has 15 heteroatoms.